The van der Waals surface area contributed by atoms with Gasteiger partial charge in [-0.05, 0) is 50.9 Å². The van der Waals surface area contributed by atoms with Gasteiger partial charge in [-0.15, -0.1) is 11.6 Å². The lowest BCUT2D eigenvalue weighted by Gasteiger charge is -2.31. The topological polar surface area (TPSA) is 9.23 Å². The summed E-state index contributed by atoms with van der Waals surface area (Å²) in [6.07, 6.45) is 0. The second-order valence-corrected chi connectivity index (χ2v) is 10.7. The van der Waals surface area contributed by atoms with Crippen LogP contribution >= 0.6 is 27.5 Å². The number of halogens is 2. The van der Waals surface area contributed by atoms with Gasteiger partial charge in [0.25, 0.3) is 0 Å². The Labute approximate surface area is 157 Å². The van der Waals surface area contributed by atoms with Crippen molar-refractivity contribution in [1.82, 2.24) is 0 Å². The zero-order valence-electron chi connectivity index (χ0n) is 13.4. The monoisotopic (exact) mass is 416 g/mol. The fraction of sp³-hybridized carbons (Fsp3) is 0.100. The first-order valence-electron chi connectivity index (χ1n) is 7.78. The summed E-state index contributed by atoms with van der Waals surface area (Å²) in [6, 6.07) is 26.8. The molecule has 24 heavy (non-hydrogen) atoms. The van der Waals surface area contributed by atoms with E-state index in [1.165, 1.54) is 15.9 Å². The highest BCUT2D eigenvalue weighted by molar-refractivity contribution is 9.10. The average Bonchev–Trinajstić information content (AvgIpc) is 2.63. The second kappa shape index (κ2) is 7.56. The summed E-state index contributed by atoms with van der Waals surface area (Å²) in [4.78, 5) is 0. The van der Waals surface area contributed by atoms with E-state index in [2.05, 4.69) is 59.3 Å². The first-order valence-corrected chi connectivity index (χ1v) is 11.2. The molecular formula is C20H18BrClOSi. The number of hydrogen-bond acceptors (Lipinski definition) is 1. The lowest BCUT2D eigenvalue weighted by atomic mass is 10.2. The molecular weight excluding hydrogens is 400 g/mol. The van der Waals surface area contributed by atoms with Crippen molar-refractivity contribution in [1.29, 1.82) is 0 Å². The van der Waals surface area contributed by atoms with E-state index in [4.69, 9.17) is 16.0 Å². The van der Waals surface area contributed by atoms with Crippen LogP contribution in [-0.2, 0) is 0 Å². The summed E-state index contributed by atoms with van der Waals surface area (Å²) in [6.45, 7) is 2.06. The van der Waals surface area contributed by atoms with Crippen LogP contribution in [-0.4, -0.2) is 13.8 Å². The van der Waals surface area contributed by atoms with Crippen LogP contribution in [0.5, 0.6) is 5.75 Å². The Morgan fingerprint density at radius 2 is 1.42 bits per heavy atom. The maximum atomic E-state index is 6.67. The minimum atomic E-state index is -2.58. The van der Waals surface area contributed by atoms with Crippen LogP contribution in [0, 0.1) is 6.92 Å². The smallest absolute Gasteiger partial charge is 0.329 e. The molecule has 1 nitrogen and oxygen atoms in total. The van der Waals surface area contributed by atoms with Crippen molar-refractivity contribution in [2.45, 2.75) is 6.92 Å². The van der Waals surface area contributed by atoms with Gasteiger partial charge < -0.3 is 4.43 Å². The molecule has 0 unspecified atom stereocenters. The molecule has 0 aromatic heterocycles. The van der Waals surface area contributed by atoms with Crippen molar-refractivity contribution in [3.8, 4) is 5.75 Å². The number of benzene rings is 3. The number of rotatable bonds is 5. The van der Waals surface area contributed by atoms with Gasteiger partial charge in [0.1, 0.15) is 5.75 Å². The first-order chi connectivity index (χ1) is 11.7. The van der Waals surface area contributed by atoms with E-state index >= 15 is 0 Å². The number of aryl methyl sites for hydroxylation is 1. The molecule has 0 spiro atoms. The molecule has 0 N–H and O–H groups in total. The van der Waals surface area contributed by atoms with Gasteiger partial charge in [0.2, 0.25) is 0 Å². The van der Waals surface area contributed by atoms with E-state index in [-0.39, 0.29) is 0 Å². The molecule has 0 fully saturated rings. The van der Waals surface area contributed by atoms with Gasteiger partial charge in [0.05, 0.1) is 9.98 Å². The zero-order chi connectivity index (χ0) is 17.0. The predicted molar refractivity (Wildman–Crippen MR) is 108 cm³/mol. The molecule has 0 radical (unpaired) electrons. The van der Waals surface area contributed by atoms with Gasteiger partial charge in [-0.2, -0.15) is 0 Å². The summed E-state index contributed by atoms with van der Waals surface area (Å²) in [5.41, 5.74) is 1.63. The predicted octanol–water partition coefficient (Wildman–Crippen LogP) is 4.67. The Morgan fingerprint density at radius 3 is 1.88 bits per heavy atom. The van der Waals surface area contributed by atoms with Gasteiger partial charge in [0.15, 0.2) is 0 Å². The lowest BCUT2D eigenvalue weighted by Crippen LogP contribution is -2.65. The Balaban J connectivity index is 2.15. The number of alkyl halides is 1. The highest BCUT2D eigenvalue weighted by atomic mass is 79.9. The Bertz CT molecular complexity index is 769. The lowest BCUT2D eigenvalue weighted by molar-refractivity contribution is 0.565. The molecule has 122 valence electrons. The van der Waals surface area contributed by atoms with Crippen molar-refractivity contribution < 1.29 is 4.43 Å². The maximum absolute atomic E-state index is 6.67. The molecule has 0 atom stereocenters. The largest absolute Gasteiger partial charge is 0.533 e. The summed E-state index contributed by atoms with van der Waals surface area (Å²) in [5.74, 6) is 0.834. The quantitative estimate of drug-likeness (QED) is 0.433. The van der Waals surface area contributed by atoms with E-state index in [0.29, 0.717) is 5.50 Å². The van der Waals surface area contributed by atoms with E-state index in [0.717, 1.165) is 10.2 Å². The molecule has 0 saturated carbocycles. The molecule has 0 amide bonds. The SMILES string of the molecule is Cc1ccc(O[Si](CCl)(c2ccccc2)c2ccccc2)c(Br)c1. The first kappa shape index (κ1) is 17.3. The van der Waals surface area contributed by atoms with Crippen LogP contribution in [0.1, 0.15) is 5.56 Å². The molecule has 0 aliphatic rings. The van der Waals surface area contributed by atoms with E-state index in [1.807, 2.05) is 42.5 Å². The van der Waals surface area contributed by atoms with Crippen molar-refractivity contribution in [2.75, 3.05) is 5.50 Å². The fourth-order valence-electron chi connectivity index (χ4n) is 2.76. The van der Waals surface area contributed by atoms with Crippen LogP contribution in [0.3, 0.4) is 0 Å². The van der Waals surface area contributed by atoms with Gasteiger partial charge in [-0.1, -0.05) is 66.7 Å². The minimum Gasteiger partial charge on any atom is -0.533 e. The van der Waals surface area contributed by atoms with Crippen molar-refractivity contribution >= 4 is 46.2 Å². The van der Waals surface area contributed by atoms with Gasteiger partial charge in [-0.3, -0.25) is 0 Å². The fourth-order valence-corrected chi connectivity index (χ4v) is 7.52. The normalized spacial score (nSPS) is 11.3. The summed E-state index contributed by atoms with van der Waals surface area (Å²) in [5, 5.41) is 2.33. The molecule has 3 rings (SSSR count). The molecule has 0 aliphatic heterocycles. The molecule has 0 saturated heterocycles. The van der Waals surface area contributed by atoms with Gasteiger partial charge in [0, 0.05) is 0 Å². The maximum Gasteiger partial charge on any atom is 0.329 e. The highest BCUT2D eigenvalue weighted by Crippen LogP contribution is 2.28. The zero-order valence-corrected chi connectivity index (χ0v) is 16.7. The van der Waals surface area contributed by atoms with E-state index < -0.39 is 8.32 Å². The van der Waals surface area contributed by atoms with Gasteiger partial charge in [-0.25, -0.2) is 0 Å². The second-order valence-electron chi connectivity index (χ2n) is 5.73. The van der Waals surface area contributed by atoms with Crippen molar-refractivity contribution in [3.05, 3.63) is 88.9 Å². The third-order valence-corrected chi connectivity index (χ3v) is 9.27. The van der Waals surface area contributed by atoms with Crippen LogP contribution in [0.15, 0.2) is 83.3 Å². The standard InChI is InChI=1S/C20H18BrClOSi/c1-16-12-13-20(19(21)14-16)23-24(15-22,17-8-4-2-5-9-17)18-10-6-3-7-11-18/h2-14H,15H2,1H3. The molecule has 0 aliphatic carbocycles. The van der Waals surface area contributed by atoms with E-state index in [1.54, 1.807) is 0 Å². The highest BCUT2D eigenvalue weighted by Gasteiger charge is 2.41. The van der Waals surface area contributed by atoms with Crippen LogP contribution in [0.2, 0.25) is 0 Å². The summed E-state index contributed by atoms with van der Waals surface area (Å²) < 4.78 is 7.62. The van der Waals surface area contributed by atoms with Gasteiger partial charge >= 0.3 is 8.32 Å². The number of hydrogen-bond donors (Lipinski definition) is 0. The third-order valence-electron chi connectivity index (χ3n) is 4.04. The Kier molecular flexibility index (Phi) is 5.44. The van der Waals surface area contributed by atoms with Crippen molar-refractivity contribution in [2.24, 2.45) is 0 Å². The van der Waals surface area contributed by atoms with Crippen LogP contribution in [0.25, 0.3) is 0 Å². The minimum absolute atomic E-state index is 0.446. The molecule has 4 heteroatoms. The molecule has 3 aromatic carbocycles. The van der Waals surface area contributed by atoms with Crippen LogP contribution in [0.4, 0.5) is 0 Å². The summed E-state index contributed by atoms with van der Waals surface area (Å²) in [7, 11) is -2.58. The molecule has 0 bridgehead atoms. The molecule has 0 heterocycles. The van der Waals surface area contributed by atoms with E-state index in [9.17, 15) is 0 Å². The van der Waals surface area contributed by atoms with Crippen LogP contribution < -0.4 is 14.8 Å². The Morgan fingerprint density at radius 1 is 0.875 bits per heavy atom. The third kappa shape index (κ3) is 3.43. The van der Waals surface area contributed by atoms with Crippen molar-refractivity contribution in [3.63, 3.8) is 0 Å². The Hall–Kier alpha value is -1.55. The summed E-state index contributed by atoms with van der Waals surface area (Å²) >= 11 is 10.2. The molecule has 3 aromatic rings. The average molecular weight is 418 g/mol.